The van der Waals surface area contributed by atoms with Crippen molar-refractivity contribution in [1.29, 1.82) is 0 Å². The summed E-state index contributed by atoms with van der Waals surface area (Å²) < 4.78 is 48.6. The molecule has 3 rings (SSSR count). The highest BCUT2D eigenvalue weighted by molar-refractivity contribution is 8.01. The molecule has 1 heterocycles. The Morgan fingerprint density at radius 2 is 1.79 bits per heavy atom. The second-order valence-corrected chi connectivity index (χ2v) is 10.0. The van der Waals surface area contributed by atoms with E-state index in [0.717, 1.165) is 33.3 Å². The van der Waals surface area contributed by atoms with Crippen molar-refractivity contribution in [3.05, 3.63) is 59.5 Å². The summed E-state index contributed by atoms with van der Waals surface area (Å²) in [6.07, 6.45) is 0. The minimum Gasteiger partial charge on any atom is -0.325 e. The van der Waals surface area contributed by atoms with E-state index in [9.17, 15) is 22.0 Å². The first-order valence-corrected chi connectivity index (χ1v) is 11.7. The van der Waals surface area contributed by atoms with Crippen LogP contribution in [0.2, 0.25) is 0 Å². The highest BCUT2D eigenvalue weighted by Gasteiger charge is 2.26. The summed E-state index contributed by atoms with van der Waals surface area (Å²) in [5.74, 6) is -3.69. The van der Waals surface area contributed by atoms with Crippen LogP contribution < -0.4 is 5.32 Å². The van der Waals surface area contributed by atoms with Crippen molar-refractivity contribution in [1.82, 2.24) is 4.98 Å². The number of sulfone groups is 1. The molecule has 1 amide bonds. The van der Waals surface area contributed by atoms with Crippen LogP contribution >= 0.6 is 23.1 Å². The highest BCUT2D eigenvalue weighted by atomic mass is 32.2. The number of anilines is 1. The Labute approximate surface area is 175 Å². The number of nitrogens with zero attached hydrogens (tertiary/aromatic N) is 1. The number of carbonyl (C=O) groups excluding carboxylic acids is 1. The van der Waals surface area contributed by atoms with Gasteiger partial charge in [0, 0.05) is 16.6 Å². The molecule has 5 nitrogen and oxygen atoms in total. The van der Waals surface area contributed by atoms with Crippen LogP contribution in [-0.4, -0.2) is 30.8 Å². The van der Waals surface area contributed by atoms with Gasteiger partial charge in [0.05, 0.1) is 16.3 Å². The fraction of sp³-hybridized carbons (Fsp3) is 0.158. The van der Waals surface area contributed by atoms with Crippen molar-refractivity contribution >= 4 is 44.5 Å². The lowest BCUT2D eigenvalue weighted by atomic mass is 10.1. The smallest absolute Gasteiger partial charge is 0.325 e. The van der Waals surface area contributed by atoms with Gasteiger partial charge in [-0.25, -0.2) is 13.4 Å². The summed E-state index contributed by atoms with van der Waals surface area (Å²) in [5, 5.41) is 4.52. The van der Waals surface area contributed by atoms with E-state index in [1.807, 2.05) is 36.6 Å². The van der Waals surface area contributed by atoms with Crippen molar-refractivity contribution in [2.45, 2.75) is 21.9 Å². The zero-order valence-corrected chi connectivity index (χ0v) is 17.6. The maximum absolute atomic E-state index is 12.5. The molecule has 1 N–H and O–H groups in total. The predicted molar refractivity (Wildman–Crippen MR) is 111 cm³/mol. The number of aromatic nitrogens is 1. The van der Waals surface area contributed by atoms with Crippen LogP contribution in [0, 0.1) is 6.92 Å². The lowest BCUT2D eigenvalue weighted by molar-refractivity contribution is -0.113. The number of rotatable bonds is 7. The molecule has 0 saturated heterocycles. The summed E-state index contributed by atoms with van der Waals surface area (Å²) in [4.78, 5) is 16.1. The van der Waals surface area contributed by atoms with Gasteiger partial charge in [-0.15, -0.1) is 11.3 Å². The van der Waals surface area contributed by atoms with Gasteiger partial charge in [0.15, 0.2) is 4.34 Å². The predicted octanol–water partition coefficient (Wildman–Crippen LogP) is 4.85. The Morgan fingerprint density at radius 1 is 1.14 bits per heavy atom. The first-order valence-electron chi connectivity index (χ1n) is 8.33. The van der Waals surface area contributed by atoms with Gasteiger partial charge >= 0.3 is 5.76 Å². The summed E-state index contributed by atoms with van der Waals surface area (Å²) in [6.45, 7) is 2.01. The van der Waals surface area contributed by atoms with Gasteiger partial charge in [0.2, 0.25) is 15.7 Å². The van der Waals surface area contributed by atoms with E-state index in [2.05, 4.69) is 10.3 Å². The van der Waals surface area contributed by atoms with Gasteiger partial charge in [0.1, 0.15) is 0 Å². The molecular formula is C19H16F2N2O3S3. The topological polar surface area (TPSA) is 76.1 Å². The molecule has 1 aromatic heterocycles. The molecule has 0 aliphatic carbocycles. The van der Waals surface area contributed by atoms with Gasteiger partial charge in [-0.3, -0.25) is 4.79 Å². The zero-order valence-electron chi connectivity index (χ0n) is 15.1. The van der Waals surface area contributed by atoms with E-state index in [0.29, 0.717) is 5.69 Å². The molecule has 0 atom stereocenters. The zero-order chi connectivity index (χ0) is 21.0. The van der Waals surface area contributed by atoms with E-state index in [1.54, 1.807) is 0 Å². The Bertz CT molecular complexity index is 1100. The first kappa shape index (κ1) is 21.4. The van der Waals surface area contributed by atoms with Crippen LogP contribution in [0.15, 0.2) is 63.1 Å². The van der Waals surface area contributed by atoms with Crippen LogP contribution in [0.5, 0.6) is 0 Å². The highest BCUT2D eigenvalue weighted by Crippen LogP contribution is 2.28. The van der Waals surface area contributed by atoms with Gasteiger partial charge in [0.25, 0.3) is 0 Å². The van der Waals surface area contributed by atoms with Crippen LogP contribution in [0.3, 0.4) is 0 Å². The third-order valence-corrected chi connectivity index (χ3v) is 7.28. The number of alkyl halides is 2. The molecule has 0 bridgehead atoms. The van der Waals surface area contributed by atoms with Gasteiger partial charge in [-0.05, 0) is 31.2 Å². The number of thioether (sulfide) groups is 1. The molecule has 0 aliphatic rings. The van der Waals surface area contributed by atoms with E-state index in [4.69, 9.17) is 0 Å². The number of benzene rings is 2. The average molecular weight is 455 g/mol. The van der Waals surface area contributed by atoms with Gasteiger partial charge in [-0.1, -0.05) is 41.6 Å². The van der Waals surface area contributed by atoms with Gasteiger partial charge < -0.3 is 5.32 Å². The first-order chi connectivity index (χ1) is 13.8. The normalized spacial score (nSPS) is 11.6. The van der Waals surface area contributed by atoms with Gasteiger partial charge in [-0.2, -0.15) is 8.78 Å². The summed E-state index contributed by atoms with van der Waals surface area (Å²) >= 11 is 2.72. The summed E-state index contributed by atoms with van der Waals surface area (Å²) in [7, 11) is -4.65. The van der Waals surface area contributed by atoms with Crippen molar-refractivity contribution < 1.29 is 22.0 Å². The minimum absolute atomic E-state index is 0.109. The van der Waals surface area contributed by atoms with Crippen LogP contribution in [0.1, 0.15) is 5.56 Å². The number of nitrogens with one attached hydrogen (secondary N) is 1. The largest absolute Gasteiger partial charge is 0.341 e. The lowest BCUT2D eigenvalue weighted by Gasteiger charge is -2.06. The number of amides is 1. The molecule has 10 heteroatoms. The molecule has 29 heavy (non-hydrogen) atoms. The van der Waals surface area contributed by atoms with E-state index < -0.39 is 20.5 Å². The molecule has 0 spiro atoms. The quantitative estimate of drug-likeness (QED) is 0.517. The Hall–Kier alpha value is -2.30. The second-order valence-electron chi connectivity index (χ2n) is 6.03. The van der Waals surface area contributed by atoms with Crippen LogP contribution in [0.25, 0.3) is 11.3 Å². The standard InChI is InChI=1S/C19H16F2N2O3S3/c1-12-2-4-13(5-3-12)16-10-27-19(23-16)28-11-17(24)22-14-6-8-15(9-7-14)29(25,26)18(20)21/h2-10,18H,11H2,1H3,(H,22,24). The number of carbonyl (C=O) groups is 1. The molecule has 3 aromatic rings. The maximum Gasteiger partial charge on any atom is 0.341 e. The monoisotopic (exact) mass is 454 g/mol. The fourth-order valence-electron chi connectivity index (χ4n) is 2.34. The van der Waals surface area contributed by atoms with Crippen LogP contribution in [0.4, 0.5) is 14.5 Å². The number of hydrogen-bond donors (Lipinski definition) is 1. The summed E-state index contributed by atoms with van der Waals surface area (Å²) in [6, 6.07) is 12.6. The molecule has 0 saturated carbocycles. The molecule has 2 aromatic carbocycles. The SMILES string of the molecule is Cc1ccc(-c2csc(SCC(=O)Nc3ccc(S(=O)(=O)C(F)F)cc3)n2)cc1. The Kier molecular flexibility index (Phi) is 6.66. The third kappa shape index (κ3) is 5.40. The van der Waals surface area contributed by atoms with E-state index >= 15 is 0 Å². The molecule has 0 fully saturated rings. The van der Waals surface area contributed by atoms with E-state index in [1.165, 1.54) is 35.2 Å². The number of hydrogen-bond acceptors (Lipinski definition) is 6. The van der Waals surface area contributed by atoms with Crippen molar-refractivity contribution in [2.75, 3.05) is 11.1 Å². The van der Waals surface area contributed by atoms with Crippen molar-refractivity contribution in [3.8, 4) is 11.3 Å². The lowest BCUT2D eigenvalue weighted by Crippen LogP contribution is -2.14. The second kappa shape index (κ2) is 9.02. The third-order valence-electron chi connectivity index (χ3n) is 3.86. The Morgan fingerprint density at radius 3 is 2.41 bits per heavy atom. The molecule has 0 radical (unpaired) electrons. The summed E-state index contributed by atoms with van der Waals surface area (Å²) in [5.41, 5.74) is 3.33. The molecule has 0 aliphatic heterocycles. The minimum atomic E-state index is -4.65. The number of thiazole rings is 1. The number of aryl methyl sites for hydroxylation is 1. The average Bonchev–Trinajstić information content (AvgIpc) is 3.16. The molecular weight excluding hydrogens is 438 g/mol. The fourth-order valence-corrected chi connectivity index (χ4v) is 4.69. The van der Waals surface area contributed by atoms with Crippen molar-refractivity contribution in [2.24, 2.45) is 0 Å². The maximum atomic E-state index is 12.5. The molecule has 152 valence electrons. The van der Waals surface area contributed by atoms with E-state index in [-0.39, 0.29) is 11.7 Å². The Balaban J connectivity index is 1.56. The van der Waals surface area contributed by atoms with Crippen molar-refractivity contribution in [3.63, 3.8) is 0 Å². The van der Waals surface area contributed by atoms with Crippen LogP contribution in [-0.2, 0) is 14.6 Å². The molecule has 0 unspecified atom stereocenters. The number of halogens is 2.